The number of esters is 1. The smallest absolute Gasteiger partial charge is 0.341 e. The molecule has 0 saturated heterocycles. The Morgan fingerprint density at radius 2 is 1.71 bits per heavy atom. The lowest BCUT2D eigenvalue weighted by molar-refractivity contribution is -0.108. The number of hydrogen-bond donors (Lipinski definition) is 0. The van der Waals surface area contributed by atoms with Crippen LogP contribution in [-0.4, -0.2) is 12.6 Å². The van der Waals surface area contributed by atoms with E-state index < -0.39 is 6.29 Å². The molecule has 1 atom stereocenters. The minimum absolute atomic E-state index is 0.331. The van der Waals surface area contributed by atoms with Gasteiger partial charge in [-0.25, -0.2) is 4.79 Å². The molecule has 1 unspecified atom stereocenters. The van der Waals surface area contributed by atoms with E-state index in [1.165, 1.54) is 0 Å². The highest BCUT2D eigenvalue weighted by atomic mass is 16.7. The van der Waals surface area contributed by atoms with Crippen LogP contribution in [0.25, 0.3) is 21.5 Å². The third-order valence-corrected chi connectivity index (χ3v) is 3.92. The SMILES string of the molecule is CCOC1OC(=O)c2cccc3ccc4cccc1c4c23. The molecule has 0 fully saturated rings. The molecule has 3 heteroatoms. The van der Waals surface area contributed by atoms with Gasteiger partial charge < -0.3 is 9.47 Å². The van der Waals surface area contributed by atoms with Crippen molar-refractivity contribution in [2.45, 2.75) is 13.2 Å². The minimum atomic E-state index is -0.649. The Labute approximate surface area is 122 Å². The number of hydrogen-bond acceptors (Lipinski definition) is 3. The first-order chi connectivity index (χ1) is 10.3. The van der Waals surface area contributed by atoms with Gasteiger partial charge in [-0.3, -0.25) is 0 Å². The average Bonchev–Trinajstić information content (AvgIpc) is 2.63. The summed E-state index contributed by atoms with van der Waals surface area (Å²) in [5.41, 5.74) is 1.52. The monoisotopic (exact) mass is 278 g/mol. The zero-order valence-corrected chi connectivity index (χ0v) is 11.6. The summed E-state index contributed by atoms with van der Waals surface area (Å²) in [6.45, 7) is 2.38. The molecule has 0 radical (unpaired) electrons. The van der Waals surface area contributed by atoms with Gasteiger partial charge in [0.25, 0.3) is 0 Å². The molecular weight excluding hydrogens is 264 g/mol. The zero-order valence-electron chi connectivity index (χ0n) is 11.6. The summed E-state index contributed by atoms with van der Waals surface area (Å²) in [7, 11) is 0. The van der Waals surface area contributed by atoms with E-state index in [2.05, 4.69) is 6.07 Å². The molecule has 0 N–H and O–H groups in total. The molecule has 0 saturated carbocycles. The van der Waals surface area contributed by atoms with Crippen LogP contribution in [0.4, 0.5) is 0 Å². The molecule has 104 valence electrons. The molecule has 21 heavy (non-hydrogen) atoms. The molecule has 1 aliphatic heterocycles. The Morgan fingerprint density at radius 3 is 2.48 bits per heavy atom. The Balaban J connectivity index is 2.19. The quantitative estimate of drug-likeness (QED) is 0.520. The van der Waals surface area contributed by atoms with E-state index in [0.29, 0.717) is 12.2 Å². The predicted octanol–water partition coefficient (Wildman–Crippen LogP) is 4.20. The van der Waals surface area contributed by atoms with E-state index in [-0.39, 0.29) is 5.97 Å². The molecule has 0 spiro atoms. The highest BCUT2D eigenvalue weighted by Crippen LogP contribution is 2.38. The lowest BCUT2D eigenvalue weighted by Gasteiger charge is -2.17. The van der Waals surface area contributed by atoms with Crippen molar-refractivity contribution in [1.29, 1.82) is 0 Å². The maximum Gasteiger partial charge on any atom is 0.341 e. The topological polar surface area (TPSA) is 35.5 Å². The Morgan fingerprint density at radius 1 is 1.00 bits per heavy atom. The zero-order chi connectivity index (χ0) is 14.4. The van der Waals surface area contributed by atoms with Crippen LogP contribution in [0.5, 0.6) is 0 Å². The second-order valence-corrected chi connectivity index (χ2v) is 5.11. The fourth-order valence-corrected chi connectivity index (χ4v) is 3.05. The van der Waals surface area contributed by atoms with Gasteiger partial charge in [0.05, 0.1) is 5.56 Å². The van der Waals surface area contributed by atoms with Crippen molar-refractivity contribution in [3.63, 3.8) is 0 Å². The van der Waals surface area contributed by atoms with Crippen molar-refractivity contribution in [1.82, 2.24) is 0 Å². The summed E-state index contributed by atoms with van der Waals surface area (Å²) in [4.78, 5) is 12.4. The normalized spacial score (nSPS) is 17.2. The van der Waals surface area contributed by atoms with Crippen molar-refractivity contribution in [2.75, 3.05) is 6.61 Å². The Kier molecular flexibility index (Phi) is 2.69. The van der Waals surface area contributed by atoms with Gasteiger partial charge in [0, 0.05) is 17.6 Å². The fraction of sp³-hybridized carbons (Fsp3) is 0.167. The fourth-order valence-electron chi connectivity index (χ4n) is 3.05. The highest BCUT2D eigenvalue weighted by Gasteiger charge is 2.27. The highest BCUT2D eigenvalue weighted by molar-refractivity contribution is 6.18. The molecule has 0 aliphatic carbocycles. The molecule has 3 aromatic rings. The van der Waals surface area contributed by atoms with E-state index in [1.807, 2.05) is 49.4 Å². The number of benzene rings is 3. The van der Waals surface area contributed by atoms with E-state index in [4.69, 9.17) is 9.47 Å². The second kappa shape index (κ2) is 4.57. The molecule has 0 aromatic heterocycles. The van der Waals surface area contributed by atoms with E-state index in [0.717, 1.165) is 27.1 Å². The largest absolute Gasteiger partial charge is 0.428 e. The number of carbonyl (C=O) groups excluding carboxylic acids is 1. The van der Waals surface area contributed by atoms with Crippen LogP contribution >= 0.6 is 0 Å². The van der Waals surface area contributed by atoms with Gasteiger partial charge in [0.1, 0.15) is 0 Å². The molecule has 3 nitrogen and oxygen atoms in total. The molecule has 0 amide bonds. The van der Waals surface area contributed by atoms with Gasteiger partial charge in [-0.2, -0.15) is 0 Å². The van der Waals surface area contributed by atoms with Crippen LogP contribution in [0.1, 0.15) is 29.1 Å². The molecular formula is C18H14O3. The number of carbonyl (C=O) groups is 1. The van der Waals surface area contributed by atoms with Gasteiger partial charge in [0.15, 0.2) is 0 Å². The van der Waals surface area contributed by atoms with E-state index in [9.17, 15) is 4.79 Å². The Hall–Kier alpha value is -2.39. The van der Waals surface area contributed by atoms with Crippen molar-refractivity contribution < 1.29 is 14.3 Å². The summed E-state index contributed by atoms with van der Waals surface area (Å²) < 4.78 is 11.2. The van der Waals surface area contributed by atoms with E-state index in [1.54, 1.807) is 0 Å². The van der Waals surface area contributed by atoms with Crippen molar-refractivity contribution in [3.8, 4) is 0 Å². The first-order valence-corrected chi connectivity index (χ1v) is 7.06. The van der Waals surface area contributed by atoms with Crippen molar-refractivity contribution in [3.05, 3.63) is 59.7 Å². The summed E-state index contributed by atoms with van der Waals surface area (Å²) in [5.74, 6) is -0.331. The maximum atomic E-state index is 12.4. The number of ether oxygens (including phenoxy) is 2. The van der Waals surface area contributed by atoms with Gasteiger partial charge >= 0.3 is 5.97 Å². The molecule has 1 aliphatic rings. The summed E-state index contributed by atoms with van der Waals surface area (Å²) >= 11 is 0. The molecule has 3 aromatic carbocycles. The van der Waals surface area contributed by atoms with Gasteiger partial charge in [-0.1, -0.05) is 42.5 Å². The van der Waals surface area contributed by atoms with Crippen LogP contribution in [0.2, 0.25) is 0 Å². The van der Waals surface area contributed by atoms with Crippen LogP contribution in [0, 0.1) is 0 Å². The predicted molar refractivity (Wildman–Crippen MR) is 81.2 cm³/mol. The minimum Gasteiger partial charge on any atom is -0.428 e. The Bertz CT molecular complexity index is 867. The molecule has 4 rings (SSSR count). The van der Waals surface area contributed by atoms with Crippen LogP contribution in [-0.2, 0) is 9.47 Å². The van der Waals surface area contributed by atoms with Crippen LogP contribution < -0.4 is 0 Å². The standard InChI is InChI=1S/C18H14O3/c1-2-20-18-14-8-4-6-12-10-9-11-5-3-7-13(17(19)21-18)15(11)16(12)14/h3-10,18H,2H2,1H3. The van der Waals surface area contributed by atoms with Crippen LogP contribution in [0.15, 0.2) is 48.5 Å². The lowest BCUT2D eigenvalue weighted by atomic mass is 9.95. The summed E-state index contributed by atoms with van der Waals surface area (Å²) in [6, 6.07) is 15.8. The van der Waals surface area contributed by atoms with Crippen LogP contribution in [0.3, 0.4) is 0 Å². The number of rotatable bonds is 2. The summed E-state index contributed by atoms with van der Waals surface area (Å²) in [6.07, 6.45) is -0.649. The molecule has 0 bridgehead atoms. The first-order valence-electron chi connectivity index (χ1n) is 7.06. The van der Waals surface area contributed by atoms with Crippen molar-refractivity contribution in [2.24, 2.45) is 0 Å². The van der Waals surface area contributed by atoms with Gasteiger partial charge in [-0.05, 0) is 29.1 Å². The van der Waals surface area contributed by atoms with Crippen molar-refractivity contribution >= 4 is 27.5 Å². The number of cyclic esters (lactones) is 1. The third-order valence-electron chi connectivity index (χ3n) is 3.92. The third kappa shape index (κ3) is 1.74. The first kappa shape index (κ1) is 12.4. The second-order valence-electron chi connectivity index (χ2n) is 5.11. The summed E-state index contributed by atoms with van der Waals surface area (Å²) in [5, 5.41) is 4.14. The average molecular weight is 278 g/mol. The van der Waals surface area contributed by atoms with Gasteiger partial charge in [-0.15, -0.1) is 0 Å². The maximum absolute atomic E-state index is 12.4. The molecule has 1 heterocycles. The van der Waals surface area contributed by atoms with Gasteiger partial charge in [0.2, 0.25) is 6.29 Å². The lowest BCUT2D eigenvalue weighted by Crippen LogP contribution is -2.12. The van der Waals surface area contributed by atoms with E-state index >= 15 is 0 Å².